The summed E-state index contributed by atoms with van der Waals surface area (Å²) < 4.78 is 2.19. The highest BCUT2D eigenvalue weighted by atomic mass is 15.3. The van der Waals surface area contributed by atoms with Crippen LogP contribution in [0.2, 0.25) is 0 Å². The Morgan fingerprint density at radius 2 is 1.83 bits per heavy atom. The molecule has 0 amide bonds. The molecule has 1 aromatic carbocycles. The predicted molar refractivity (Wildman–Crippen MR) is 98.3 cm³/mol. The first-order valence-corrected chi connectivity index (χ1v) is 7.94. The summed E-state index contributed by atoms with van der Waals surface area (Å²) in [6, 6.07) is 12.5. The molecular weight excluding hydrogens is 286 g/mol. The molecule has 1 N–H and O–H groups in total. The molecule has 5 nitrogen and oxygen atoms in total. The van der Waals surface area contributed by atoms with E-state index < -0.39 is 0 Å². The van der Waals surface area contributed by atoms with E-state index in [9.17, 15) is 0 Å². The number of hydrogen-bond acceptors (Lipinski definition) is 4. The zero-order valence-electron chi connectivity index (χ0n) is 14.5. The van der Waals surface area contributed by atoms with Crippen molar-refractivity contribution in [2.45, 2.75) is 20.4 Å². The maximum atomic E-state index is 4.63. The lowest BCUT2D eigenvalue weighted by molar-refractivity contribution is 0.801. The van der Waals surface area contributed by atoms with Crippen LogP contribution in [-0.2, 0) is 6.54 Å². The second-order valence-corrected chi connectivity index (χ2v) is 5.19. The molecule has 2 aromatic heterocycles. The Labute approximate surface area is 138 Å². The van der Waals surface area contributed by atoms with Crippen molar-refractivity contribution in [2.75, 3.05) is 31.4 Å². The molecule has 5 heteroatoms. The first kappa shape index (κ1) is 16.8. The molecule has 0 fully saturated rings. The Bertz CT molecular complexity index is 747. The molecule has 0 spiro atoms. The lowest BCUT2D eigenvalue weighted by Gasteiger charge is -2.15. The number of anilines is 2. The van der Waals surface area contributed by atoms with Gasteiger partial charge in [-0.1, -0.05) is 44.2 Å². The average molecular weight is 311 g/mol. The molecule has 0 aliphatic rings. The van der Waals surface area contributed by atoms with Crippen molar-refractivity contribution in [3.63, 3.8) is 0 Å². The third kappa shape index (κ3) is 3.62. The molecule has 3 rings (SSSR count). The van der Waals surface area contributed by atoms with Gasteiger partial charge >= 0.3 is 0 Å². The van der Waals surface area contributed by atoms with Crippen molar-refractivity contribution in [1.29, 1.82) is 0 Å². The van der Waals surface area contributed by atoms with Gasteiger partial charge in [-0.25, -0.2) is 4.98 Å². The minimum Gasteiger partial charge on any atom is -0.387 e. The van der Waals surface area contributed by atoms with Gasteiger partial charge in [-0.15, -0.1) is 0 Å². The van der Waals surface area contributed by atoms with Crippen LogP contribution < -0.4 is 10.2 Å². The molecule has 0 aliphatic carbocycles. The fourth-order valence-corrected chi connectivity index (χ4v) is 2.39. The highest BCUT2D eigenvalue weighted by Crippen LogP contribution is 2.23. The van der Waals surface area contributed by atoms with Gasteiger partial charge < -0.3 is 14.8 Å². The summed E-state index contributed by atoms with van der Waals surface area (Å²) in [4.78, 5) is 11.1. The van der Waals surface area contributed by atoms with E-state index in [-0.39, 0.29) is 0 Å². The Hall–Kier alpha value is -2.56. The number of benzene rings is 1. The Balaban J connectivity index is 0.000000924. The van der Waals surface area contributed by atoms with Crippen molar-refractivity contribution in [3.05, 3.63) is 48.2 Å². The molecule has 122 valence electrons. The van der Waals surface area contributed by atoms with E-state index in [0.29, 0.717) is 0 Å². The van der Waals surface area contributed by atoms with Gasteiger partial charge in [0.25, 0.3) is 0 Å². The van der Waals surface area contributed by atoms with Crippen molar-refractivity contribution in [3.8, 4) is 0 Å². The number of nitrogens with one attached hydrogen (secondary N) is 1. The minimum atomic E-state index is 0.772. The van der Waals surface area contributed by atoms with Crippen molar-refractivity contribution in [1.82, 2.24) is 14.5 Å². The highest BCUT2D eigenvalue weighted by molar-refractivity contribution is 5.78. The summed E-state index contributed by atoms with van der Waals surface area (Å²) >= 11 is 0. The SMILES string of the molecule is CC.CNc1cnc2nc(N(C)C)n(Cc3ccccc3)c2c1. The van der Waals surface area contributed by atoms with Crippen LogP contribution in [0.4, 0.5) is 11.6 Å². The van der Waals surface area contributed by atoms with Crippen LogP contribution in [0.3, 0.4) is 0 Å². The number of nitrogens with zero attached hydrogens (tertiary/aromatic N) is 4. The number of fused-ring (bicyclic) bond motifs is 1. The van der Waals surface area contributed by atoms with E-state index in [1.807, 2.05) is 52.2 Å². The maximum absolute atomic E-state index is 4.63. The molecule has 0 saturated heterocycles. The van der Waals surface area contributed by atoms with E-state index in [1.165, 1.54) is 5.56 Å². The summed E-state index contributed by atoms with van der Waals surface area (Å²) in [5.74, 6) is 0.912. The normalized spacial score (nSPS) is 10.1. The van der Waals surface area contributed by atoms with Gasteiger partial charge in [-0.3, -0.25) is 0 Å². The Morgan fingerprint density at radius 1 is 1.13 bits per heavy atom. The first-order valence-electron chi connectivity index (χ1n) is 7.94. The van der Waals surface area contributed by atoms with Crippen molar-refractivity contribution >= 4 is 22.8 Å². The van der Waals surface area contributed by atoms with Crippen LogP contribution in [0.1, 0.15) is 19.4 Å². The molecule has 0 aliphatic heterocycles. The smallest absolute Gasteiger partial charge is 0.207 e. The lowest BCUT2D eigenvalue weighted by atomic mass is 10.2. The van der Waals surface area contributed by atoms with E-state index >= 15 is 0 Å². The quantitative estimate of drug-likeness (QED) is 0.799. The van der Waals surface area contributed by atoms with Gasteiger partial charge in [0.15, 0.2) is 5.65 Å². The number of imidazole rings is 1. The molecule has 2 heterocycles. The lowest BCUT2D eigenvalue weighted by Crippen LogP contribution is -2.16. The van der Waals surface area contributed by atoms with E-state index in [0.717, 1.165) is 29.3 Å². The van der Waals surface area contributed by atoms with Gasteiger partial charge in [0.05, 0.1) is 23.9 Å². The maximum Gasteiger partial charge on any atom is 0.207 e. The molecule has 23 heavy (non-hydrogen) atoms. The summed E-state index contributed by atoms with van der Waals surface area (Å²) in [6.45, 7) is 4.78. The van der Waals surface area contributed by atoms with Gasteiger partial charge in [0.2, 0.25) is 5.95 Å². The van der Waals surface area contributed by atoms with Crippen LogP contribution in [0.5, 0.6) is 0 Å². The van der Waals surface area contributed by atoms with Crippen LogP contribution in [-0.4, -0.2) is 35.7 Å². The van der Waals surface area contributed by atoms with Crippen LogP contribution in [0.25, 0.3) is 11.2 Å². The van der Waals surface area contributed by atoms with Crippen LogP contribution in [0, 0.1) is 0 Å². The fourth-order valence-electron chi connectivity index (χ4n) is 2.39. The highest BCUT2D eigenvalue weighted by Gasteiger charge is 2.14. The summed E-state index contributed by atoms with van der Waals surface area (Å²) in [6.07, 6.45) is 1.81. The topological polar surface area (TPSA) is 46.0 Å². The van der Waals surface area contributed by atoms with Crippen LogP contribution in [0.15, 0.2) is 42.6 Å². The number of rotatable bonds is 4. The third-order valence-electron chi connectivity index (χ3n) is 3.46. The van der Waals surface area contributed by atoms with Gasteiger partial charge in [0.1, 0.15) is 0 Å². The van der Waals surface area contributed by atoms with E-state index in [1.54, 1.807) is 0 Å². The summed E-state index contributed by atoms with van der Waals surface area (Å²) in [7, 11) is 5.90. The fraction of sp³-hybridized carbons (Fsp3) is 0.333. The molecule has 0 unspecified atom stereocenters. The number of pyridine rings is 1. The summed E-state index contributed by atoms with van der Waals surface area (Å²) in [5.41, 5.74) is 4.04. The van der Waals surface area contributed by atoms with Crippen molar-refractivity contribution < 1.29 is 0 Å². The molecular formula is C18H25N5. The van der Waals surface area contributed by atoms with E-state index in [2.05, 4.69) is 50.2 Å². The first-order chi connectivity index (χ1) is 11.2. The predicted octanol–water partition coefficient (Wildman–Crippen LogP) is 3.61. The standard InChI is InChI=1S/C16H19N5.C2H6/c1-17-13-9-14-15(18-10-13)19-16(20(2)3)21(14)11-12-7-5-4-6-8-12;1-2/h4-10,17H,11H2,1-3H3;1-2H3. The molecule has 0 saturated carbocycles. The van der Waals surface area contributed by atoms with Crippen LogP contribution >= 0.6 is 0 Å². The average Bonchev–Trinajstić information content (AvgIpc) is 2.95. The van der Waals surface area contributed by atoms with Gasteiger partial charge in [-0.05, 0) is 11.6 Å². The second-order valence-electron chi connectivity index (χ2n) is 5.19. The van der Waals surface area contributed by atoms with Crippen molar-refractivity contribution in [2.24, 2.45) is 0 Å². The molecule has 0 atom stereocenters. The number of aromatic nitrogens is 3. The second kappa shape index (κ2) is 7.63. The van der Waals surface area contributed by atoms with E-state index in [4.69, 9.17) is 0 Å². The minimum absolute atomic E-state index is 0.772. The number of hydrogen-bond donors (Lipinski definition) is 1. The zero-order chi connectivity index (χ0) is 16.8. The zero-order valence-corrected chi connectivity index (χ0v) is 14.5. The molecule has 0 bridgehead atoms. The molecule has 3 aromatic rings. The third-order valence-corrected chi connectivity index (χ3v) is 3.46. The van der Waals surface area contributed by atoms with Gasteiger partial charge in [0, 0.05) is 21.1 Å². The Morgan fingerprint density at radius 3 is 2.43 bits per heavy atom. The Kier molecular flexibility index (Phi) is 5.57. The largest absolute Gasteiger partial charge is 0.387 e. The molecule has 0 radical (unpaired) electrons. The van der Waals surface area contributed by atoms with Gasteiger partial charge in [-0.2, -0.15) is 4.98 Å². The monoisotopic (exact) mass is 311 g/mol. The summed E-state index contributed by atoms with van der Waals surface area (Å²) in [5, 5.41) is 3.13.